The minimum absolute atomic E-state index is 0. The number of halogens is 1. The Labute approximate surface area is 133 Å². The summed E-state index contributed by atoms with van der Waals surface area (Å²) in [6.45, 7) is 3.35. The molecule has 120 valence electrons. The van der Waals surface area contributed by atoms with Gasteiger partial charge in [-0.2, -0.15) is 4.31 Å². The molecule has 0 aliphatic carbocycles. The first-order valence-electron chi connectivity index (χ1n) is 6.93. The molecule has 1 aromatic carbocycles. The van der Waals surface area contributed by atoms with Crippen LogP contribution in [0.4, 0.5) is 0 Å². The Morgan fingerprint density at radius 3 is 2.57 bits per heavy atom. The molecule has 1 fully saturated rings. The van der Waals surface area contributed by atoms with E-state index in [0.717, 1.165) is 24.9 Å². The van der Waals surface area contributed by atoms with Crippen molar-refractivity contribution >= 4 is 22.4 Å². The summed E-state index contributed by atoms with van der Waals surface area (Å²) in [5, 5.41) is 3.21. The van der Waals surface area contributed by atoms with Crippen LogP contribution in [0.3, 0.4) is 0 Å². The first-order chi connectivity index (χ1) is 9.64. The summed E-state index contributed by atoms with van der Waals surface area (Å²) in [4.78, 5) is 0.376. The zero-order chi connectivity index (χ0) is 14.4. The Balaban J connectivity index is 0.00000220. The largest absolute Gasteiger partial charge is 0.384 e. The lowest BCUT2D eigenvalue weighted by molar-refractivity contribution is 0.202. The van der Waals surface area contributed by atoms with Crippen LogP contribution in [0.15, 0.2) is 29.2 Å². The molecule has 21 heavy (non-hydrogen) atoms. The fraction of sp³-hybridized carbons (Fsp3) is 0.571. The van der Waals surface area contributed by atoms with Crippen LogP contribution >= 0.6 is 12.4 Å². The van der Waals surface area contributed by atoms with Crippen LogP contribution in [0.5, 0.6) is 0 Å². The molecule has 1 heterocycles. The molecule has 5 nitrogen and oxygen atoms in total. The summed E-state index contributed by atoms with van der Waals surface area (Å²) < 4.78 is 31.7. The van der Waals surface area contributed by atoms with Crippen LogP contribution in [0.1, 0.15) is 12.0 Å². The van der Waals surface area contributed by atoms with Gasteiger partial charge in [-0.25, -0.2) is 8.42 Å². The molecule has 0 spiro atoms. The molecule has 7 heteroatoms. The van der Waals surface area contributed by atoms with Crippen molar-refractivity contribution in [1.29, 1.82) is 0 Å². The lowest BCUT2D eigenvalue weighted by Gasteiger charge is -2.19. The first-order valence-corrected chi connectivity index (χ1v) is 8.37. The van der Waals surface area contributed by atoms with E-state index in [1.807, 2.05) is 12.1 Å². The lowest BCUT2D eigenvalue weighted by Crippen LogP contribution is -2.34. The summed E-state index contributed by atoms with van der Waals surface area (Å²) in [6, 6.07) is 7.11. The van der Waals surface area contributed by atoms with Crippen molar-refractivity contribution in [2.45, 2.75) is 17.7 Å². The highest BCUT2D eigenvalue weighted by Gasteiger charge is 2.24. The van der Waals surface area contributed by atoms with E-state index < -0.39 is 10.0 Å². The summed E-state index contributed by atoms with van der Waals surface area (Å²) in [5.74, 6) is 0. The molecule has 0 atom stereocenters. The highest BCUT2D eigenvalue weighted by molar-refractivity contribution is 7.89. The number of hydrogen-bond acceptors (Lipinski definition) is 4. The fourth-order valence-corrected chi connectivity index (χ4v) is 3.74. The molecular weight excluding hydrogens is 312 g/mol. The number of nitrogens with one attached hydrogen (secondary N) is 1. The Kier molecular flexibility index (Phi) is 7.62. The maximum absolute atomic E-state index is 12.5. The van der Waals surface area contributed by atoms with Gasteiger partial charge in [0.05, 0.1) is 11.5 Å². The van der Waals surface area contributed by atoms with Gasteiger partial charge in [0.25, 0.3) is 0 Å². The molecule has 0 radical (unpaired) electrons. The van der Waals surface area contributed by atoms with E-state index in [4.69, 9.17) is 4.74 Å². The molecule has 1 aliphatic rings. The zero-order valence-corrected chi connectivity index (χ0v) is 13.9. The number of hydrogen-bond donors (Lipinski definition) is 1. The second-order valence-corrected chi connectivity index (χ2v) is 6.83. The van der Waals surface area contributed by atoms with Gasteiger partial charge in [0, 0.05) is 26.7 Å². The number of methoxy groups -OCH3 is 1. The fourth-order valence-electron chi connectivity index (χ4n) is 2.26. The van der Waals surface area contributed by atoms with E-state index in [1.54, 1.807) is 23.5 Å². The third kappa shape index (κ3) is 4.93. The maximum atomic E-state index is 12.5. The van der Waals surface area contributed by atoms with E-state index in [2.05, 4.69) is 5.32 Å². The van der Waals surface area contributed by atoms with Crippen molar-refractivity contribution < 1.29 is 13.2 Å². The molecule has 0 aromatic heterocycles. The second kappa shape index (κ2) is 8.70. The maximum Gasteiger partial charge on any atom is 0.243 e. The molecule has 1 saturated heterocycles. The predicted molar refractivity (Wildman–Crippen MR) is 85.5 cm³/mol. The lowest BCUT2D eigenvalue weighted by atomic mass is 10.2. The van der Waals surface area contributed by atoms with Crippen molar-refractivity contribution in [2.75, 3.05) is 39.9 Å². The molecule has 0 saturated carbocycles. The number of benzene rings is 1. The minimum atomic E-state index is -3.36. The van der Waals surface area contributed by atoms with Crippen LogP contribution in [-0.2, 0) is 21.2 Å². The van der Waals surface area contributed by atoms with Crippen LogP contribution in [-0.4, -0.2) is 52.6 Å². The Morgan fingerprint density at radius 1 is 1.19 bits per heavy atom. The zero-order valence-electron chi connectivity index (χ0n) is 12.2. The van der Waals surface area contributed by atoms with E-state index >= 15 is 0 Å². The molecule has 1 N–H and O–H groups in total. The smallest absolute Gasteiger partial charge is 0.243 e. The Bertz CT molecular complexity index is 512. The number of ether oxygens (including phenoxy) is 1. The summed E-state index contributed by atoms with van der Waals surface area (Å²) in [5.41, 5.74) is 1.09. The van der Waals surface area contributed by atoms with Crippen molar-refractivity contribution in [3.8, 4) is 0 Å². The van der Waals surface area contributed by atoms with Crippen molar-refractivity contribution in [2.24, 2.45) is 0 Å². The van der Waals surface area contributed by atoms with Gasteiger partial charge in [-0.1, -0.05) is 12.1 Å². The third-order valence-corrected chi connectivity index (χ3v) is 5.37. The number of nitrogens with zero attached hydrogens (tertiary/aromatic N) is 1. The molecule has 0 bridgehead atoms. The van der Waals surface area contributed by atoms with Crippen molar-refractivity contribution in [1.82, 2.24) is 9.62 Å². The van der Waals surface area contributed by atoms with Gasteiger partial charge in [0.15, 0.2) is 0 Å². The Hall–Kier alpha value is -0.660. The van der Waals surface area contributed by atoms with Gasteiger partial charge in [0.1, 0.15) is 0 Å². The standard InChI is InChI=1S/C14H22N2O3S.ClH/c1-19-12-7-13-3-5-14(6-4-13)20(17,18)16-10-2-8-15-9-11-16;/h3-6,15H,2,7-12H2,1H3;1H. The van der Waals surface area contributed by atoms with Gasteiger partial charge in [-0.3, -0.25) is 0 Å². The molecule has 2 rings (SSSR count). The summed E-state index contributed by atoms with van der Waals surface area (Å²) >= 11 is 0. The van der Waals surface area contributed by atoms with Crippen molar-refractivity contribution in [3.05, 3.63) is 29.8 Å². The summed E-state index contributed by atoms with van der Waals surface area (Å²) in [7, 11) is -1.70. The highest BCUT2D eigenvalue weighted by Crippen LogP contribution is 2.17. The Morgan fingerprint density at radius 2 is 1.90 bits per heavy atom. The second-order valence-electron chi connectivity index (χ2n) is 4.89. The summed E-state index contributed by atoms with van der Waals surface area (Å²) in [6.07, 6.45) is 1.65. The normalized spacial score (nSPS) is 17.0. The molecular formula is C14H23ClN2O3S. The van der Waals surface area contributed by atoms with Gasteiger partial charge in [-0.15, -0.1) is 12.4 Å². The average molecular weight is 335 g/mol. The van der Waals surface area contributed by atoms with Gasteiger partial charge in [-0.05, 0) is 37.1 Å². The number of sulfonamides is 1. The topological polar surface area (TPSA) is 58.6 Å². The van der Waals surface area contributed by atoms with Gasteiger partial charge >= 0.3 is 0 Å². The van der Waals surface area contributed by atoms with Gasteiger partial charge in [0.2, 0.25) is 10.0 Å². The predicted octanol–water partition coefficient (Wildman–Crippen LogP) is 1.28. The van der Waals surface area contributed by atoms with Crippen LogP contribution in [0.2, 0.25) is 0 Å². The number of rotatable bonds is 5. The highest BCUT2D eigenvalue weighted by atomic mass is 35.5. The third-order valence-electron chi connectivity index (χ3n) is 3.46. The van der Waals surface area contributed by atoms with Crippen LogP contribution < -0.4 is 5.32 Å². The molecule has 0 amide bonds. The quantitative estimate of drug-likeness (QED) is 0.881. The first kappa shape index (κ1) is 18.4. The minimum Gasteiger partial charge on any atom is -0.384 e. The SMILES string of the molecule is COCCc1ccc(S(=O)(=O)N2CCCNCC2)cc1.Cl. The van der Waals surface area contributed by atoms with E-state index in [-0.39, 0.29) is 12.4 Å². The molecule has 1 aromatic rings. The van der Waals surface area contributed by atoms with Gasteiger partial charge < -0.3 is 10.1 Å². The van der Waals surface area contributed by atoms with E-state index in [1.165, 1.54) is 0 Å². The van der Waals surface area contributed by atoms with E-state index in [9.17, 15) is 8.42 Å². The average Bonchev–Trinajstić information content (AvgIpc) is 2.75. The van der Waals surface area contributed by atoms with Crippen LogP contribution in [0.25, 0.3) is 0 Å². The van der Waals surface area contributed by atoms with Crippen molar-refractivity contribution in [3.63, 3.8) is 0 Å². The molecule has 0 unspecified atom stereocenters. The van der Waals surface area contributed by atoms with E-state index in [0.29, 0.717) is 31.1 Å². The van der Waals surface area contributed by atoms with Crippen LogP contribution in [0, 0.1) is 0 Å². The monoisotopic (exact) mass is 334 g/mol. The molecule has 1 aliphatic heterocycles.